The summed E-state index contributed by atoms with van der Waals surface area (Å²) in [6.45, 7) is 4.63. The lowest BCUT2D eigenvalue weighted by Gasteiger charge is -2.44. The molecule has 2 aromatic carbocycles. The molecule has 160 valence electrons. The van der Waals surface area contributed by atoms with Gasteiger partial charge in [0.15, 0.2) is 0 Å². The highest BCUT2D eigenvalue weighted by Gasteiger charge is 2.39. The van der Waals surface area contributed by atoms with Crippen molar-refractivity contribution in [2.24, 2.45) is 0 Å². The van der Waals surface area contributed by atoms with Crippen LogP contribution < -0.4 is 0 Å². The minimum absolute atomic E-state index is 0.0430. The van der Waals surface area contributed by atoms with Crippen LogP contribution in [0.2, 0.25) is 0 Å². The molecule has 0 aromatic heterocycles. The lowest BCUT2D eigenvalue weighted by Crippen LogP contribution is -2.48. The Hall–Kier alpha value is -2.80. The smallest absolute Gasteiger partial charge is 0.328 e. The summed E-state index contributed by atoms with van der Waals surface area (Å²) in [6, 6.07) is 5.63. The SMILES string of the molecule is C[C@H]1Cc2cc(O)ccc2[C@H](c2c(F)cc(/C=C/C(=O)O)cc2F)N1CC(C)(C)F. The Kier molecular flexibility index (Phi) is 5.94. The molecule has 0 saturated heterocycles. The van der Waals surface area contributed by atoms with Crippen LogP contribution in [0.3, 0.4) is 0 Å². The van der Waals surface area contributed by atoms with E-state index in [0.29, 0.717) is 12.0 Å². The first kappa shape index (κ1) is 21.9. The van der Waals surface area contributed by atoms with Crippen LogP contribution in [0.4, 0.5) is 13.2 Å². The number of aromatic hydroxyl groups is 1. The number of fused-ring (bicyclic) bond motifs is 1. The first-order chi connectivity index (χ1) is 14.0. The number of hydrogen-bond acceptors (Lipinski definition) is 3. The van der Waals surface area contributed by atoms with E-state index in [4.69, 9.17) is 5.11 Å². The van der Waals surface area contributed by atoms with Crippen molar-refractivity contribution in [2.75, 3.05) is 6.54 Å². The minimum atomic E-state index is -1.60. The van der Waals surface area contributed by atoms with Gasteiger partial charge in [0.2, 0.25) is 0 Å². The van der Waals surface area contributed by atoms with Gasteiger partial charge in [-0.1, -0.05) is 6.07 Å². The lowest BCUT2D eigenvalue weighted by molar-refractivity contribution is -0.131. The summed E-state index contributed by atoms with van der Waals surface area (Å²) in [5.74, 6) is -2.88. The summed E-state index contributed by atoms with van der Waals surface area (Å²) < 4.78 is 44.9. The Bertz CT molecular complexity index is 975. The summed E-state index contributed by atoms with van der Waals surface area (Å²) in [4.78, 5) is 12.4. The molecule has 0 spiro atoms. The fraction of sp³-hybridized carbons (Fsp3) is 0.348. The zero-order valence-corrected chi connectivity index (χ0v) is 17.0. The van der Waals surface area contributed by atoms with Gasteiger partial charge < -0.3 is 10.2 Å². The Morgan fingerprint density at radius 1 is 1.23 bits per heavy atom. The Balaban J connectivity index is 2.17. The van der Waals surface area contributed by atoms with Gasteiger partial charge >= 0.3 is 5.97 Å². The number of benzene rings is 2. The molecule has 2 N–H and O–H groups in total. The number of phenolic OH excluding ortho intramolecular Hbond substituents is 1. The van der Waals surface area contributed by atoms with Gasteiger partial charge in [0.05, 0.1) is 6.04 Å². The van der Waals surface area contributed by atoms with Crippen molar-refractivity contribution in [1.82, 2.24) is 4.90 Å². The van der Waals surface area contributed by atoms with Crippen molar-refractivity contribution in [3.8, 4) is 5.75 Å². The molecule has 1 heterocycles. The van der Waals surface area contributed by atoms with E-state index in [0.717, 1.165) is 29.8 Å². The zero-order chi connectivity index (χ0) is 22.2. The van der Waals surface area contributed by atoms with Crippen LogP contribution in [0.15, 0.2) is 36.4 Å². The molecule has 0 amide bonds. The van der Waals surface area contributed by atoms with Gasteiger partial charge in [-0.05, 0) is 74.2 Å². The second kappa shape index (κ2) is 8.14. The van der Waals surface area contributed by atoms with Crippen LogP contribution in [0.25, 0.3) is 6.08 Å². The number of carboxylic acids is 1. The largest absolute Gasteiger partial charge is 0.508 e. The Labute approximate surface area is 173 Å². The number of rotatable bonds is 5. The maximum atomic E-state index is 15.1. The minimum Gasteiger partial charge on any atom is -0.508 e. The van der Waals surface area contributed by atoms with Crippen molar-refractivity contribution in [3.63, 3.8) is 0 Å². The van der Waals surface area contributed by atoms with Crippen molar-refractivity contribution < 1.29 is 28.2 Å². The van der Waals surface area contributed by atoms with E-state index in [9.17, 15) is 14.3 Å². The van der Waals surface area contributed by atoms with E-state index < -0.39 is 29.3 Å². The van der Waals surface area contributed by atoms with E-state index in [1.165, 1.54) is 19.9 Å². The number of hydrogen-bond donors (Lipinski definition) is 2. The van der Waals surface area contributed by atoms with Gasteiger partial charge in [-0.2, -0.15) is 0 Å². The molecular formula is C23H24F3NO3. The summed E-state index contributed by atoms with van der Waals surface area (Å²) in [7, 11) is 0. The molecule has 1 aliphatic heterocycles. The molecule has 0 fully saturated rings. The highest BCUT2D eigenvalue weighted by atomic mass is 19.1. The molecule has 2 aromatic rings. The van der Waals surface area contributed by atoms with Crippen LogP contribution >= 0.6 is 0 Å². The third kappa shape index (κ3) is 4.67. The van der Waals surface area contributed by atoms with E-state index in [2.05, 4.69) is 0 Å². The number of aliphatic carboxylic acids is 1. The lowest BCUT2D eigenvalue weighted by atomic mass is 9.83. The molecule has 0 radical (unpaired) electrons. The molecule has 0 saturated carbocycles. The zero-order valence-electron chi connectivity index (χ0n) is 17.0. The molecule has 0 bridgehead atoms. The fourth-order valence-corrected chi connectivity index (χ4v) is 4.04. The number of alkyl halides is 1. The van der Waals surface area contributed by atoms with Crippen LogP contribution in [0, 0.1) is 11.6 Å². The van der Waals surface area contributed by atoms with Gasteiger partial charge in [0.25, 0.3) is 0 Å². The third-order valence-corrected chi connectivity index (χ3v) is 5.19. The predicted octanol–water partition coefficient (Wildman–Crippen LogP) is 4.85. The van der Waals surface area contributed by atoms with E-state index in [1.54, 1.807) is 17.0 Å². The molecule has 4 nitrogen and oxygen atoms in total. The molecule has 1 aliphatic rings. The molecule has 7 heteroatoms. The molecule has 0 aliphatic carbocycles. The summed E-state index contributed by atoms with van der Waals surface area (Å²) in [6.07, 6.45) is 2.40. The first-order valence-corrected chi connectivity index (χ1v) is 9.62. The number of carboxylic acid groups (broad SMARTS) is 1. The van der Waals surface area contributed by atoms with Crippen molar-refractivity contribution in [3.05, 3.63) is 70.3 Å². The highest BCUT2D eigenvalue weighted by molar-refractivity contribution is 5.85. The molecule has 30 heavy (non-hydrogen) atoms. The molecule has 0 unspecified atom stereocenters. The second-order valence-electron chi connectivity index (χ2n) is 8.30. The van der Waals surface area contributed by atoms with Crippen molar-refractivity contribution in [1.29, 1.82) is 0 Å². The monoisotopic (exact) mass is 419 g/mol. The van der Waals surface area contributed by atoms with Crippen LogP contribution in [0.5, 0.6) is 5.75 Å². The van der Waals surface area contributed by atoms with Gasteiger partial charge in [-0.25, -0.2) is 18.0 Å². The normalized spacial score (nSPS) is 19.8. The fourth-order valence-electron chi connectivity index (χ4n) is 4.04. The highest BCUT2D eigenvalue weighted by Crippen LogP contribution is 2.42. The maximum Gasteiger partial charge on any atom is 0.328 e. The second-order valence-corrected chi connectivity index (χ2v) is 8.30. The number of carbonyl (C=O) groups is 1. The molecule has 3 rings (SSSR count). The average Bonchev–Trinajstić information content (AvgIpc) is 2.60. The average molecular weight is 419 g/mol. The van der Waals surface area contributed by atoms with Crippen LogP contribution in [-0.4, -0.2) is 39.3 Å². The van der Waals surface area contributed by atoms with Crippen molar-refractivity contribution >= 4 is 12.0 Å². The van der Waals surface area contributed by atoms with Crippen LogP contribution in [0.1, 0.15) is 49.1 Å². The van der Waals surface area contributed by atoms with E-state index in [1.807, 2.05) is 6.92 Å². The topological polar surface area (TPSA) is 60.8 Å². The summed E-state index contributed by atoms with van der Waals surface area (Å²) in [5.41, 5.74) is -0.415. The summed E-state index contributed by atoms with van der Waals surface area (Å²) >= 11 is 0. The first-order valence-electron chi connectivity index (χ1n) is 9.62. The van der Waals surface area contributed by atoms with Crippen molar-refractivity contribution in [2.45, 2.75) is 44.9 Å². The van der Waals surface area contributed by atoms with Gasteiger partial charge in [0.1, 0.15) is 23.1 Å². The quantitative estimate of drug-likeness (QED) is 0.680. The van der Waals surface area contributed by atoms with Crippen LogP contribution in [-0.2, 0) is 11.2 Å². The molecular weight excluding hydrogens is 395 g/mol. The maximum absolute atomic E-state index is 15.1. The number of phenols is 1. The summed E-state index contributed by atoms with van der Waals surface area (Å²) in [5, 5.41) is 18.6. The third-order valence-electron chi connectivity index (χ3n) is 5.19. The predicted molar refractivity (Wildman–Crippen MR) is 108 cm³/mol. The Morgan fingerprint density at radius 3 is 2.43 bits per heavy atom. The Morgan fingerprint density at radius 2 is 1.87 bits per heavy atom. The van der Waals surface area contributed by atoms with Gasteiger partial charge in [-0.15, -0.1) is 0 Å². The molecule has 2 atom stereocenters. The van der Waals surface area contributed by atoms with E-state index in [-0.39, 0.29) is 29.5 Å². The number of nitrogens with zero attached hydrogens (tertiary/aromatic N) is 1. The standard InChI is InChI=1S/C23H24F3NO3/c1-13-8-15-11-16(28)5-6-17(15)22(27(13)12-23(2,3)26)21-18(24)9-14(10-19(21)25)4-7-20(29)30/h4-7,9-11,13,22,28H,8,12H2,1-3H3,(H,29,30)/b7-4+/t13-,22+/m0/s1. The van der Waals surface area contributed by atoms with E-state index >= 15 is 8.78 Å². The number of halogens is 3. The van der Waals surface area contributed by atoms with Gasteiger partial charge in [-0.3, -0.25) is 4.90 Å². The van der Waals surface area contributed by atoms with Gasteiger partial charge in [0, 0.05) is 24.2 Å².